The van der Waals surface area contributed by atoms with Gasteiger partial charge in [-0.1, -0.05) is 24.3 Å². The number of carbonyl (C=O) groups excluding carboxylic acids is 1. The Bertz CT molecular complexity index is 758. The molecule has 0 spiro atoms. The topological polar surface area (TPSA) is 42.4 Å². The third-order valence-corrected chi connectivity index (χ3v) is 4.79. The molecule has 4 rings (SSSR count). The van der Waals surface area contributed by atoms with Crippen LogP contribution in [0, 0.1) is 0 Å². The van der Waals surface area contributed by atoms with Crippen LogP contribution < -0.4 is 0 Å². The first-order chi connectivity index (χ1) is 11.7. The van der Waals surface area contributed by atoms with Gasteiger partial charge in [0.25, 0.3) is 0 Å². The molecule has 4 heteroatoms. The molecule has 0 aliphatic carbocycles. The molecule has 1 atom stereocenters. The number of pyridine rings is 1. The number of ether oxygens (including phenoxy) is 1. The minimum Gasteiger partial charge on any atom is -0.453 e. The lowest BCUT2D eigenvalue weighted by Gasteiger charge is -2.33. The molecule has 2 fully saturated rings. The second-order valence-electron chi connectivity index (χ2n) is 6.56. The molecule has 0 amide bonds. The van der Waals surface area contributed by atoms with Gasteiger partial charge in [-0.25, -0.2) is 4.79 Å². The lowest BCUT2D eigenvalue weighted by atomic mass is 9.94. The Morgan fingerprint density at radius 1 is 1.21 bits per heavy atom. The van der Waals surface area contributed by atoms with Crippen molar-refractivity contribution >= 4 is 12.0 Å². The molecule has 0 saturated carbocycles. The van der Waals surface area contributed by atoms with Gasteiger partial charge in [0.1, 0.15) is 5.60 Å². The van der Waals surface area contributed by atoms with Gasteiger partial charge >= 0.3 is 5.97 Å². The summed E-state index contributed by atoms with van der Waals surface area (Å²) in [4.78, 5) is 19.0. The zero-order valence-corrected chi connectivity index (χ0v) is 13.5. The van der Waals surface area contributed by atoms with E-state index in [9.17, 15) is 4.79 Å². The Hall–Kier alpha value is -2.62. The first-order valence-electron chi connectivity index (χ1n) is 8.38. The molecule has 24 heavy (non-hydrogen) atoms. The van der Waals surface area contributed by atoms with Crippen LogP contribution in [0.4, 0.5) is 0 Å². The normalized spacial score (nSPS) is 24.2. The van der Waals surface area contributed by atoms with Gasteiger partial charge in [-0.2, -0.15) is 0 Å². The van der Waals surface area contributed by atoms with Gasteiger partial charge in [0.2, 0.25) is 0 Å². The SMILES string of the molecule is O=C(OC12CCCN(C1)/C(=C/c1cccnc1)C2)c1ccccc1. The maximum Gasteiger partial charge on any atom is 0.338 e. The van der Waals surface area contributed by atoms with Gasteiger partial charge in [-0.15, -0.1) is 0 Å². The number of nitrogens with zero attached hydrogens (tertiary/aromatic N) is 2. The summed E-state index contributed by atoms with van der Waals surface area (Å²) in [7, 11) is 0. The highest BCUT2D eigenvalue weighted by atomic mass is 16.6. The highest BCUT2D eigenvalue weighted by Gasteiger charge is 2.46. The van der Waals surface area contributed by atoms with Gasteiger partial charge in [0.15, 0.2) is 0 Å². The molecule has 0 radical (unpaired) electrons. The van der Waals surface area contributed by atoms with Crippen molar-refractivity contribution in [3.05, 3.63) is 71.7 Å². The highest BCUT2D eigenvalue weighted by molar-refractivity contribution is 5.89. The third kappa shape index (κ3) is 2.92. The minimum atomic E-state index is -0.390. The predicted octanol–water partition coefficient (Wildman–Crippen LogP) is 3.52. The van der Waals surface area contributed by atoms with Crippen LogP contribution in [-0.2, 0) is 4.74 Å². The van der Waals surface area contributed by atoms with Gasteiger partial charge in [-0.3, -0.25) is 4.98 Å². The molecule has 0 N–H and O–H groups in total. The number of hydrogen-bond acceptors (Lipinski definition) is 4. The Balaban J connectivity index is 1.55. The summed E-state index contributed by atoms with van der Waals surface area (Å²) in [5.41, 5.74) is 2.55. The van der Waals surface area contributed by atoms with Gasteiger partial charge in [0.05, 0.1) is 12.1 Å². The number of rotatable bonds is 3. The van der Waals surface area contributed by atoms with E-state index in [-0.39, 0.29) is 11.6 Å². The molecule has 2 aliphatic heterocycles. The van der Waals surface area contributed by atoms with E-state index in [1.807, 2.05) is 36.5 Å². The van der Waals surface area contributed by atoms with Gasteiger partial charge in [-0.05, 0) is 42.7 Å². The maximum absolute atomic E-state index is 12.5. The van der Waals surface area contributed by atoms with E-state index in [1.165, 1.54) is 5.70 Å². The maximum atomic E-state index is 12.5. The molecule has 122 valence electrons. The van der Waals surface area contributed by atoms with Crippen LogP contribution in [0.1, 0.15) is 35.2 Å². The Kier molecular flexibility index (Phi) is 3.81. The molecule has 4 nitrogen and oxygen atoms in total. The van der Waals surface area contributed by atoms with Gasteiger partial charge < -0.3 is 9.64 Å². The summed E-state index contributed by atoms with van der Waals surface area (Å²) in [5, 5.41) is 0. The molecule has 1 aromatic heterocycles. The van der Waals surface area contributed by atoms with Crippen molar-refractivity contribution in [2.45, 2.75) is 24.9 Å². The van der Waals surface area contributed by atoms with Crippen LogP contribution in [0.3, 0.4) is 0 Å². The summed E-state index contributed by atoms with van der Waals surface area (Å²) in [6.45, 7) is 1.81. The fraction of sp³-hybridized carbons (Fsp3) is 0.300. The van der Waals surface area contributed by atoms with Crippen molar-refractivity contribution in [2.24, 2.45) is 0 Å². The standard InChI is InChI=1S/C20H20N2O2/c23-19(17-7-2-1-3-8-17)24-20-9-5-11-22(15-20)18(13-20)12-16-6-4-10-21-14-16/h1-4,6-8,10,12,14H,5,9,11,13,15H2/b18-12+. The Morgan fingerprint density at radius 2 is 2.08 bits per heavy atom. The molecule has 2 saturated heterocycles. The summed E-state index contributed by atoms with van der Waals surface area (Å²) < 4.78 is 5.99. The molecule has 1 aromatic carbocycles. The monoisotopic (exact) mass is 320 g/mol. The van der Waals surface area contributed by atoms with Crippen LogP contribution in [0.25, 0.3) is 6.08 Å². The van der Waals surface area contributed by atoms with Crippen molar-refractivity contribution in [1.82, 2.24) is 9.88 Å². The van der Waals surface area contributed by atoms with E-state index in [2.05, 4.69) is 16.0 Å². The molecular weight excluding hydrogens is 300 g/mol. The van der Waals surface area contributed by atoms with E-state index >= 15 is 0 Å². The minimum absolute atomic E-state index is 0.222. The van der Waals surface area contributed by atoms with E-state index in [1.54, 1.807) is 18.3 Å². The summed E-state index contributed by atoms with van der Waals surface area (Å²) in [6, 6.07) is 13.2. The fourth-order valence-corrected chi connectivity index (χ4v) is 3.67. The van der Waals surface area contributed by atoms with Crippen LogP contribution in [0.15, 0.2) is 60.6 Å². The van der Waals surface area contributed by atoms with Crippen molar-refractivity contribution in [3.8, 4) is 0 Å². The second-order valence-corrected chi connectivity index (χ2v) is 6.56. The number of benzene rings is 1. The number of aromatic nitrogens is 1. The smallest absolute Gasteiger partial charge is 0.338 e. The zero-order valence-electron chi connectivity index (χ0n) is 13.5. The van der Waals surface area contributed by atoms with Crippen molar-refractivity contribution in [2.75, 3.05) is 13.1 Å². The lowest BCUT2D eigenvalue weighted by Crippen LogP contribution is -2.42. The third-order valence-electron chi connectivity index (χ3n) is 4.79. The highest BCUT2D eigenvalue weighted by Crippen LogP contribution is 2.41. The lowest BCUT2D eigenvalue weighted by molar-refractivity contribution is -0.0270. The fourth-order valence-electron chi connectivity index (χ4n) is 3.67. The van der Waals surface area contributed by atoms with E-state index < -0.39 is 0 Å². The summed E-state index contributed by atoms with van der Waals surface area (Å²) in [5.74, 6) is -0.222. The average Bonchev–Trinajstić information content (AvgIpc) is 2.86. The largest absolute Gasteiger partial charge is 0.453 e. The molecule has 2 bridgehead atoms. The van der Waals surface area contributed by atoms with Crippen LogP contribution in [0.2, 0.25) is 0 Å². The van der Waals surface area contributed by atoms with Crippen molar-refractivity contribution in [3.63, 3.8) is 0 Å². The van der Waals surface area contributed by atoms with Crippen molar-refractivity contribution in [1.29, 1.82) is 0 Å². The Morgan fingerprint density at radius 3 is 2.88 bits per heavy atom. The zero-order chi connectivity index (χ0) is 16.4. The van der Waals surface area contributed by atoms with E-state index in [0.717, 1.165) is 37.9 Å². The van der Waals surface area contributed by atoms with E-state index in [0.29, 0.717) is 5.56 Å². The van der Waals surface area contributed by atoms with Gasteiger partial charge in [0, 0.05) is 31.1 Å². The molecule has 2 aliphatic rings. The molecule has 1 unspecified atom stereocenters. The van der Waals surface area contributed by atoms with Crippen LogP contribution >= 0.6 is 0 Å². The second kappa shape index (κ2) is 6.11. The quantitative estimate of drug-likeness (QED) is 0.812. The number of esters is 1. The van der Waals surface area contributed by atoms with Crippen molar-refractivity contribution < 1.29 is 9.53 Å². The summed E-state index contributed by atoms with van der Waals surface area (Å²) >= 11 is 0. The average molecular weight is 320 g/mol. The number of piperidine rings is 1. The first-order valence-corrected chi connectivity index (χ1v) is 8.38. The molecule has 3 heterocycles. The Labute approximate surface area is 141 Å². The van der Waals surface area contributed by atoms with E-state index in [4.69, 9.17) is 4.74 Å². The van der Waals surface area contributed by atoms with Crippen LogP contribution in [0.5, 0.6) is 0 Å². The molecular formula is C20H20N2O2. The summed E-state index contributed by atoms with van der Waals surface area (Å²) in [6.07, 6.45) is 8.55. The van der Waals surface area contributed by atoms with Crippen LogP contribution in [-0.4, -0.2) is 34.5 Å². The first kappa shape index (κ1) is 14.9. The number of hydrogen-bond donors (Lipinski definition) is 0. The predicted molar refractivity (Wildman–Crippen MR) is 92.2 cm³/mol. The number of fused-ring (bicyclic) bond motifs is 2. The molecule has 2 aromatic rings. The number of carbonyl (C=O) groups is 1.